The fraction of sp³-hybridized carbons (Fsp3) is 0.500. The van der Waals surface area contributed by atoms with E-state index in [1.165, 1.54) is 0 Å². The lowest BCUT2D eigenvalue weighted by molar-refractivity contribution is -0.127. The molecule has 0 bridgehead atoms. The van der Waals surface area contributed by atoms with Gasteiger partial charge in [-0.05, 0) is 26.0 Å². The highest BCUT2D eigenvalue weighted by Gasteiger charge is 2.10. The molecule has 2 aromatic rings. The molecule has 0 unspecified atom stereocenters. The van der Waals surface area contributed by atoms with Crippen molar-refractivity contribution in [2.75, 3.05) is 27.2 Å². The van der Waals surface area contributed by atoms with Crippen molar-refractivity contribution >= 4 is 11.9 Å². The van der Waals surface area contributed by atoms with Gasteiger partial charge in [0, 0.05) is 45.4 Å². The maximum Gasteiger partial charge on any atom is 0.241 e. The van der Waals surface area contributed by atoms with Crippen LogP contribution in [-0.4, -0.2) is 53.7 Å². The predicted molar refractivity (Wildman–Crippen MR) is 101 cm³/mol. The van der Waals surface area contributed by atoms with E-state index in [4.69, 9.17) is 4.42 Å². The second kappa shape index (κ2) is 9.07. The number of nitrogens with zero attached hydrogens (tertiary/aromatic N) is 4. The Morgan fingerprint density at radius 2 is 2.12 bits per heavy atom. The lowest BCUT2D eigenvalue weighted by atomic mass is 10.2. The van der Waals surface area contributed by atoms with Crippen LogP contribution < -0.4 is 10.6 Å². The molecule has 2 heterocycles. The number of aryl methyl sites for hydroxylation is 2. The summed E-state index contributed by atoms with van der Waals surface area (Å²) < 4.78 is 7.19. The highest BCUT2D eigenvalue weighted by atomic mass is 16.3. The molecule has 2 aromatic heterocycles. The highest BCUT2D eigenvalue weighted by Crippen LogP contribution is 2.12. The highest BCUT2D eigenvalue weighted by molar-refractivity contribution is 5.86. The first kappa shape index (κ1) is 19.6. The largest absolute Gasteiger partial charge is 0.469 e. The molecular weight excluding hydrogens is 332 g/mol. The lowest BCUT2D eigenvalue weighted by Gasteiger charge is -2.15. The number of carbonyl (C=O) groups is 1. The van der Waals surface area contributed by atoms with E-state index in [-0.39, 0.29) is 12.5 Å². The summed E-state index contributed by atoms with van der Waals surface area (Å²) in [6.07, 6.45) is 2.40. The van der Waals surface area contributed by atoms with Crippen LogP contribution in [0.15, 0.2) is 27.8 Å². The first-order chi connectivity index (χ1) is 12.4. The van der Waals surface area contributed by atoms with Crippen LogP contribution in [-0.2, 0) is 24.8 Å². The molecule has 8 nitrogen and oxygen atoms in total. The molecule has 0 aromatic carbocycles. The summed E-state index contributed by atoms with van der Waals surface area (Å²) in [5.41, 5.74) is 3.15. The lowest BCUT2D eigenvalue weighted by Crippen LogP contribution is -2.43. The Balaban J connectivity index is 2.01. The summed E-state index contributed by atoms with van der Waals surface area (Å²) in [7, 11) is 5.38. The number of rotatable bonds is 7. The number of guanidine groups is 1. The monoisotopic (exact) mass is 360 g/mol. The van der Waals surface area contributed by atoms with Crippen molar-refractivity contribution in [1.82, 2.24) is 25.3 Å². The Morgan fingerprint density at radius 3 is 2.69 bits per heavy atom. The van der Waals surface area contributed by atoms with Gasteiger partial charge in [-0.2, -0.15) is 5.10 Å². The van der Waals surface area contributed by atoms with Crippen LogP contribution >= 0.6 is 0 Å². The summed E-state index contributed by atoms with van der Waals surface area (Å²) in [6.45, 7) is 5.34. The molecule has 0 fully saturated rings. The van der Waals surface area contributed by atoms with Crippen molar-refractivity contribution in [3.8, 4) is 0 Å². The second-order valence-electron chi connectivity index (χ2n) is 6.34. The molecule has 1 amide bonds. The molecule has 0 atom stereocenters. The van der Waals surface area contributed by atoms with Crippen LogP contribution in [0.5, 0.6) is 0 Å². The number of aromatic nitrogens is 2. The van der Waals surface area contributed by atoms with Crippen molar-refractivity contribution in [2.45, 2.75) is 26.8 Å². The zero-order chi connectivity index (χ0) is 19.1. The summed E-state index contributed by atoms with van der Waals surface area (Å²) in [5.74, 6) is 1.48. The van der Waals surface area contributed by atoms with E-state index in [9.17, 15) is 4.79 Å². The van der Waals surface area contributed by atoms with Gasteiger partial charge in [0.05, 0.1) is 25.0 Å². The van der Waals surface area contributed by atoms with Crippen LogP contribution in [0.25, 0.3) is 0 Å². The smallest absolute Gasteiger partial charge is 0.241 e. The average molecular weight is 360 g/mol. The Kier molecular flexibility index (Phi) is 6.82. The van der Waals surface area contributed by atoms with Gasteiger partial charge >= 0.3 is 0 Å². The molecule has 0 aliphatic heterocycles. The Hall–Kier alpha value is -2.77. The molecular formula is C18H28N6O2. The topological polar surface area (TPSA) is 87.7 Å². The molecule has 0 saturated carbocycles. The number of amides is 1. The molecule has 8 heteroatoms. The van der Waals surface area contributed by atoms with Gasteiger partial charge in [0.2, 0.25) is 5.91 Å². The van der Waals surface area contributed by atoms with Crippen LogP contribution in [0.4, 0.5) is 0 Å². The SMILES string of the molecule is Cc1nn(C)c(C)c1CN=C(NCCc1ccco1)NCC(=O)N(C)C. The normalized spacial score (nSPS) is 11.5. The van der Waals surface area contributed by atoms with Gasteiger partial charge in [-0.15, -0.1) is 0 Å². The van der Waals surface area contributed by atoms with Crippen molar-refractivity contribution < 1.29 is 9.21 Å². The summed E-state index contributed by atoms with van der Waals surface area (Å²) >= 11 is 0. The zero-order valence-electron chi connectivity index (χ0n) is 16.2. The Labute approximate surface area is 154 Å². The van der Waals surface area contributed by atoms with Crippen LogP contribution in [0.1, 0.15) is 22.7 Å². The minimum Gasteiger partial charge on any atom is -0.469 e. The third-order valence-electron chi connectivity index (χ3n) is 4.20. The van der Waals surface area contributed by atoms with Crippen LogP contribution in [0.3, 0.4) is 0 Å². The van der Waals surface area contributed by atoms with E-state index in [1.54, 1.807) is 25.3 Å². The van der Waals surface area contributed by atoms with Crippen LogP contribution in [0, 0.1) is 13.8 Å². The third kappa shape index (κ3) is 5.37. The number of hydrogen-bond donors (Lipinski definition) is 2. The quantitative estimate of drug-likeness (QED) is 0.568. The van der Waals surface area contributed by atoms with Gasteiger partial charge < -0.3 is 20.0 Å². The van der Waals surface area contributed by atoms with E-state index < -0.39 is 0 Å². The first-order valence-electron chi connectivity index (χ1n) is 8.62. The molecule has 0 saturated heterocycles. The minimum atomic E-state index is -0.0146. The van der Waals surface area contributed by atoms with Crippen molar-refractivity contribution in [3.63, 3.8) is 0 Å². The average Bonchev–Trinajstić information content (AvgIpc) is 3.19. The number of hydrogen-bond acceptors (Lipinski definition) is 4. The summed E-state index contributed by atoms with van der Waals surface area (Å²) in [6, 6.07) is 3.80. The molecule has 2 N–H and O–H groups in total. The molecule has 2 rings (SSSR count). The first-order valence-corrected chi connectivity index (χ1v) is 8.62. The molecule has 26 heavy (non-hydrogen) atoms. The molecule has 0 spiro atoms. The van der Waals surface area contributed by atoms with Gasteiger partial charge in [0.25, 0.3) is 0 Å². The maximum atomic E-state index is 11.8. The van der Waals surface area contributed by atoms with Crippen molar-refractivity contribution in [1.29, 1.82) is 0 Å². The van der Waals surface area contributed by atoms with Gasteiger partial charge in [-0.3, -0.25) is 9.48 Å². The number of carbonyl (C=O) groups excluding carboxylic acids is 1. The number of likely N-dealkylation sites (N-methyl/N-ethyl adjacent to an activating group) is 1. The van der Waals surface area contributed by atoms with Gasteiger partial charge in [0.15, 0.2) is 5.96 Å². The summed E-state index contributed by atoms with van der Waals surface area (Å²) in [4.78, 5) is 18.0. The van der Waals surface area contributed by atoms with E-state index >= 15 is 0 Å². The molecule has 0 aliphatic rings. The van der Waals surface area contributed by atoms with Gasteiger partial charge in [-0.1, -0.05) is 0 Å². The third-order valence-corrected chi connectivity index (χ3v) is 4.20. The molecule has 0 radical (unpaired) electrons. The standard InChI is InChI=1S/C18H28N6O2/c1-13-16(14(2)24(5)22-13)11-20-18(21-12-17(25)23(3)4)19-9-8-15-7-6-10-26-15/h6-7,10H,8-9,11-12H2,1-5H3,(H2,19,20,21). The van der Waals surface area contributed by atoms with E-state index in [0.717, 1.165) is 29.1 Å². The minimum absolute atomic E-state index is 0.0146. The number of aliphatic imine (C=N–C) groups is 1. The summed E-state index contributed by atoms with van der Waals surface area (Å²) in [5, 5.41) is 10.8. The number of nitrogens with one attached hydrogen (secondary N) is 2. The van der Waals surface area contributed by atoms with E-state index in [0.29, 0.717) is 19.0 Å². The maximum absolute atomic E-state index is 11.8. The van der Waals surface area contributed by atoms with Gasteiger partial charge in [0.1, 0.15) is 5.76 Å². The number of furan rings is 1. The van der Waals surface area contributed by atoms with Crippen LogP contribution in [0.2, 0.25) is 0 Å². The zero-order valence-corrected chi connectivity index (χ0v) is 16.2. The molecule has 142 valence electrons. The van der Waals surface area contributed by atoms with E-state index in [1.807, 2.05) is 37.7 Å². The van der Waals surface area contributed by atoms with Crippen molar-refractivity contribution in [3.05, 3.63) is 41.1 Å². The Bertz CT molecular complexity index is 746. The molecule has 0 aliphatic carbocycles. The Morgan fingerprint density at radius 1 is 1.35 bits per heavy atom. The van der Waals surface area contributed by atoms with Gasteiger partial charge in [-0.25, -0.2) is 4.99 Å². The fourth-order valence-electron chi connectivity index (χ4n) is 2.46. The predicted octanol–water partition coefficient (Wildman–Crippen LogP) is 0.996. The van der Waals surface area contributed by atoms with E-state index in [2.05, 4.69) is 20.7 Å². The second-order valence-corrected chi connectivity index (χ2v) is 6.34. The fourth-order valence-corrected chi connectivity index (χ4v) is 2.46. The van der Waals surface area contributed by atoms with Crippen molar-refractivity contribution in [2.24, 2.45) is 12.0 Å².